The van der Waals surface area contributed by atoms with Gasteiger partial charge in [-0.1, -0.05) is 54.3 Å². The van der Waals surface area contributed by atoms with Crippen LogP contribution in [0.1, 0.15) is 15.9 Å². The first kappa shape index (κ1) is 18.8. The number of carbonyl (C=O) groups excluding carboxylic acids is 2. The van der Waals surface area contributed by atoms with E-state index in [0.29, 0.717) is 14.9 Å². The molecule has 0 aliphatic carbocycles. The fourth-order valence-corrected chi connectivity index (χ4v) is 3.63. The summed E-state index contributed by atoms with van der Waals surface area (Å²) >= 11 is 6.38. The lowest BCUT2D eigenvalue weighted by molar-refractivity contribution is -0.126. The maximum absolute atomic E-state index is 12.5. The van der Waals surface area contributed by atoms with Crippen LogP contribution in [0, 0.1) is 0 Å². The average Bonchev–Trinajstić information content (AvgIpc) is 2.90. The fraction of sp³-hybridized carbons (Fsp3) is 0.0526. The molecule has 2 N–H and O–H groups in total. The van der Waals surface area contributed by atoms with E-state index in [2.05, 4.69) is 5.32 Å². The molecule has 27 heavy (non-hydrogen) atoms. The molecule has 1 saturated heterocycles. The number of nitrogens with zero attached hydrogens (tertiary/aromatic N) is 1. The number of carboxylic acid groups (broad SMARTS) is 1. The average molecular weight is 398 g/mol. The van der Waals surface area contributed by atoms with Gasteiger partial charge in [0.2, 0.25) is 5.91 Å². The van der Waals surface area contributed by atoms with Crippen LogP contribution in [-0.4, -0.2) is 38.7 Å². The van der Waals surface area contributed by atoms with Crippen LogP contribution in [0.25, 0.3) is 6.08 Å². The molecule has 8 heteroatoms. The maximum atomic E-state index is 12.5. The molecule has 1 fully saturated rings. The predicted molar refractivity (Wildman–Crippen MR) is 108 cm³/mol. The highest BCUT2D eigenvalue weighted by Gasteiger charge is 2.33. The molecule has 0 unspecified atom stereocenters. The van der Waals surface area contributed by atoms with E-state index in [4.69, 9.17) is 17.3 Å². The lowest BCUT2D eigenvalue weighted by Crippen LogP contribution is -2.36. The summed E-state index contributed by atoms with van der Waals surface area (Å²) in [5.41, 5.74) is 1.44. The SMILES string of the molecule is O=C(CN1C(=O)C(=Cc2ccccc2)SC1=S)Nc1ccc(C(=O)O)cc1. The van der Waals surface area contributed by atoms with Crippen molar-refractivity contribution < 1.29 is 19.5 Å². The number of benzene rings is 2. The van der Waals surface area contributed by atoms with Gasteiger partial charge >= 0.3 is 5.97 Å². The van der Waals surface area contributed by atoms with Gasteiger partial charge in [0.05, 0.1) is 10.5 Å². The lowest BCUT2D eigenvalue weighted by Gasteiger charge is -2.14. The minimum Gasteiger partial charge on any atom is -0.478 e. The Kier molecular flexibility index (Phi) is 5.68. The van der Waals surface area contributed by atoms with Crippen molar-refractivity contribution in [1.29, 1.82) is 0 Å². The lowest BCUT2D eigenvalue weighted by atomic mass is 10.2. The van der Waals surface area contributed by atoms with Gasteiger partial charge in [0.15, 0.2) is 0 Å². The number of carboxylic acids is 1. The van der Waals surface area contributed by atoms with Crippen molar-refractivity contribution in [2.24, 2.45) is 0 Å². The third-order valence-electron chi connectivity index (χ3n) is 3.69. The zero-order valence-corrected chi connectivity index (χ0v) is 15.5. The van der Waals surface area contributed by atoms with Crippen molar-refractivity contribution in [1.82, 2.24) is 4.90 Å². The molecular formula is C19H14N2O4S2. The van der Waals surface area contributed by atoms with Crippen LogP contribution < -0.4 is 5.32 Å². The Balaban J connectivity index is 1.65. The molecule has 0 atom stereocenters. The Labute approximate surface area is 164 Å². The summed E-state index contributed by atoms with van der Waals surface area (Å²) in [4.78, 5) is 37.3. The molecule has 0 spiro atoms. The summed E-state index contributed by atoms with van der Waals surface area (Å²) in [5, 5.41) is 11.5. The molecule has 0 aromatic heterocycles. The molecule has 1 heterocycles. The van der Waals surface area contributed by atoms with Crippen LogP contribution in [0.15, 0.2) is 59.5 Å². The standard InChI is InChI=1S/C19H14N2O4S2/c22-16(20-14-8-6-13(7-9-14)18(24)25)11-21-17(23)15(27-19(21)26)10-12-4-2-1-3-5-12/h1-10H,11H2,(H,20,22)(H,24,25). The number of amides is 2. The molecule has 1 aliphatic rings. The second-order valence-corrected chi connectivity index (χ2v) is 7.28. The van der Waals surface area contributed by atoms with Gasteiger partial charge in [0.25, 0.3) is 5.91 Å². The van der Waals surface area contributed by atoms with Crippen LogP contribution in [-0.2, 0) is 9.59 Å². The molecule has 0 saturated carbocycles. The number of hydrogen-bond donors (Lipinski definition) is 2. The zero-order valence-electron chi connectivity index (χ0n) is 13.9. The van der Waals surface area contributed by atoms with Gasteiger partial charge in [0.1, 0.15) is 10.9 Å². The summed E-state index contributed by atoms with van der Waals surface area (Å²) in [6.07, 6.45) is 1.74. The van der Waals surface area contributed by atoms with Crippen LogP contribution in [0.4, 0.5) is 5.69 Å². The quantitative estimate of drug-likeness (QED) is 0.594. The van der Waals surface area contributed by atoms with Crippen molar-refractivity contribution in [3.05, 3.63) is 70.6 Å². The molecule has 2 aromatic rings. The highest BCUT2D eigenvalue weighted by Crippen LogP contribution is 2.32. The van der Waals surface area contributed by atoms with Crippen molar-refractivity contribution in [3.8, 4) is 0 Å². The predicted octanol–water partition coefficient (Wildman–Crippen LogP) is 3.22. The third-order valence-corrected chi connectivity index (χ3v) is 5.07. The van der Waals surface area contributed by atoms with Gasteiger partial charge in [-0.3, -0.25) is 14.5 Å². The molecule has 3 rings (SSSR count). The summed E-state index contributed by atoms with van der Waals surface area (Å²) < 4.78 is 0.318. The molecule has 6 nitrogen and oxygen atoms in total. The van der Waals surface area contributed by atoms with Crippen LogP contribution in [0.5, 0.6) is 0 Å². The smallest absolute Gasteiger partial charge is 0.335 e. The minimum atomic E-state index is -1.05. The summed E-state index contributed by atoms with van der Waals surface area (Å²) in [5.74, 6) is -1.78. The number of carbonyl (C=O) groups is 3. The number of thioether (sulfide) groups is 1. The van der Waals surface area contributed by atoms with Crippen LogP contribution in [0.3, 0.4) is 0 Å². The van der Waals surface area contributed by atoms with Crippen molar-refractivity contribution in [3.63, 3.8) is 0 Å². The van der Waals surface area contributed by atoms with E-state index >= 15 is 0 Å². The Morgan fingerprint density at radius 2 is 1.78 bits per heavy atom. The second kappa shape index (κ2) is 8.15. The van der Waals surface area contributed by atoms with Gasteiger partial charge in [0, 0.05) is 5.69 Å². The molecular weight excluding hydrogens is 384 g/mol. The molecule has 136 valence electrons. The Morgan fingerprint density at radius 3 is 2.41 bits per heavy atom. The Morgan fingerprint density at radius 1 is 1.11 bits per heavy atom. The number of aromatic carboxylic acids is 1. The highest BCUT2D eigenvalue weighted by molar-refractivity contribution is 8.26. The second-order valence-electron chi connectivity index (χ2n) is 5.61. The van der Waals surface area contributed by atoms with Crippen LogP contribution in [0.2, 0.25) is 0 Å². The highest BCUT2D eigenvalue weighted by atomic mass is 32.2. The number of anilines is 1. The fourth-order valence-electron chi connectivity index (χ4n) is 2.38. The van der Waals surface area contributed by atoms with Gasteiger partial charge < -0.3 is 10.4 Å². The summed E-state index contributed by atoms with van der Waals surface area (Å²) in [6, 6.07) is 15.1. The van der Waals surface area contributed by atoms with Crippen LogP contribution >= 0.6 is 24.0 Å². The van der Waals surface area contributed by atoms with Gasteiger partial charge in [-0.2, -0.15) is 0 Å². The summed E-state index contributed by atoms with van der Waals surface area (Å²) in [7, 11) is 0. The van der Waals surface area contributed by atoms with Gasteiger partial charge in [-0.25, -0.2) is 4.79 Å². The first-order chi connectivity index (χ1) is 12.9. The van der Waals surface area contributed by atoms with E-state index in [1.807, 2.05) is 30.3 Å². The molecule has 2 aromatic carbocycles. The van der Waals surface area contributed by atoms with E-state index in [-0.39, 0.29) is 18.0 Å². The molecule has 0 radical (unpaired) electrons. The minimum absolute atomic E-state index is 0.121. The Bertz CT molecular complexity index is 940. The number of thiocarbonyl (C=S) groups is 1. The van der Waals surface area contributed by atoms with E-state index < -0.39 is 11.9 Å². The first-order valence-corrected chi connectivity index (χ1v) is 9.10. The topological polar surface area (TPSA) is 86.7 Å². The van der Waals surface area contributed by atoms with E-state index in [0.717, 1.165) is 17.3 Å². The van der Waals surface area contributed by atoms with Gasteiger partial charge in [-0.05, 0) is 35.9 Å². The van der Waals surface area contributed by atoms with Crippen molar-refractivity contribution in [2.75, 3.05) is 11.9 Å². The molecule has 0 bridgehead atoms. The molecule has 2 amide bonds. The summed E-state index contributed by atoms with van der Waals surface area (Å²) in [6.45, 7) is -0.211. The largest absolute Gasteiger partial charge is 0.478 e. The van der Waals surface area contributed by atoms with Crippen molar-refractivity contribution >= 4 is 57.8 Å². The number of nitrogens with one attached hydrogen (secondary N) is 1. The normalized spacial score (nSPS) is 15.3. The van der Waals surface area contributed by atoms with Gasteiger partial charge in [-0.15, -0.1) is 0 Å². The van der Waals surface area contributed by atoms with E-state index in [1.54, 1.807) is 6.08 Å². The zero-order chi connectivity index (χ0) is 19.4. The maximum Gasteiger partial charge on any atom is 0.335 e. The van der Waals surface area contributed by atoms with E-state index in [9.17, 15) is 14.4 Å². The van der Waals surface area contributed by atoms with Crippen molar-refractivity contribution in [2.45, 2.75) is 0 Å². The number of hydrogen-bond acceptors (Lipinski definition) is 5. The molecule has 1 aliphatic heterocycles. The number of rotatable bonds is 5. The first-order valence-electron chi connectivity index (χ1n) is 7.87. The Hall–Kier alpha value is -2.97. The van der Waals surface area contributed by atoms with E-state index in [1.165, 1.54) is 29.2 Å². The monoisotopic (exact) mass is 398 g/mol. The third kappa shape index (κ3) is 4.60.